The lowest BCUT2D eigenvalue weighted by Crippen LogP contribution is -2.37. The number of nitrogens with one attached hydrogen (secondary N) is 2. The summed E-state index contributed by atoms with van der Waals surface area (Å²) in [6.07, 6.45) is 0.795. The lowest BCUT2D eigenvalue weighted by molar-refractivity contribution is -0.0504. The first-order valence-corrected chi connectivity index (χ1v) is 8.23. The Labute approximate surface area is 152 Å². The number of benzene rings is 1. The molecule has 0 heterocycles. The number of halogens is 2. The summed E-state index contributed by atoms with van der Waals surface area (Å²) in [5, 5.41) is 6.19. The highest BCUT2D eigenvalue weighted by molar-refractivity contribution is 5.79. The van der Waals surface area contributed by atoms with Gasteiger partial charge in [-0.2, -0.15) is 8.78 Å². The topological polar surface area (TPSA) is 73.3 Å². The van der Waals surface area contributed by atoms with E-state index in [4.69, 9.17) is 14.2 Å². The van der Waals surface area contributed by atoms with Crippen LogP contribution in [-0.4, -0.2) is 60.2 Å². The van der Waals surface area contributed by atoms with E-state index in [0.29, 0.717) is 43.6 Å². The van der Waals surface area contributed by atoms with Gasteiger partial charge in [0.1, 0.15) is 11.5 Å². The van der Waals surface area contributed by atoms with Gasteiger partial charge in [-0.15, -0.1) is 0 Å². The first kappa shape index (κ1) is 21.9. The Bertz CT molecular complexity index is 545. The van der Waals surface area contributed by atoms with Crippen molar-refractivity contribution < 1.29 is 27.7 Å². The van der Waals surface area contributed by atoms with E-state index in [2.05, 4.69) is 20.4 Å². The van der Waals surface area contributed by atoms with Crippen molar-refractivity contribution in [2.24, 2.45) is 4.99 Å². The van der Waals surface area contributed by atoms with Gasteiger partial charge in [0.25, 0.3) is 0 Å². The quantitative estimate of drug-likeness (QED) is 0.331. The molecule has 0 aliphatic heterocycles. The zero-order valence-corrected chi connectivity index (χ0v) is 15.4. The van der Waals surface area contributed by atoms with E-state index >= 15 is 0 Å². The fourth-order valence-corrected chi connectivity index (χ4v) is 2.06. The zero-order valence-electron chi connectivity index (χ0n) is 15.4. The van der Waals surface area contributed by atoms with Gasteiger partial charge in [0, 0.05) is 39.4 Å². The molecule has 0 unspecified atom stereocenters. The molecule has 0 saturated carbocycles. The molecule has 1 aromatic rings. The molecule has 0 saturated heterocycles. The second kappa shape index (κ2) is 13.1. The highest BCUT2D eigenvalue weighted by Crippen LogP contribution is 2.25. The van der Waals surface area contributed by atoms with Crippen molar-refractivity contribution in [2.75, 3.05) is 47.6 Å². The van der Waals surface area contributed by atoms with Crippen molar-refractivity contribution in [3.8, 4) is 11.5 Å². The maximum absolute atomic E-state index is 12.5. The fourth-order valence-electron chi connectivity index (χ4n) is 2.06. The van der Waals surface area contributed by atoms with Crippen molar-refractivity contribution in [1.82, 2.24) is 10.6 Å². The summed E-state index contributed by atoms with van der Waals surface area (Å²) in [7, 11) is 4.77. The molecule has 2 N–H and O–H groups in total. The molecule has 0 atom stereocenters. The minimum Gasteiger partial charge on any atom is -0.497 e. The van der Waals surface area contributed by atoms with Crippen molar-refractivity contribution in [3.05, 3.63) is 23.8 Å². The van der Waals surface area contributed by atoms with E-state index in [1.807, 2.05) is 0 Å². The monoisotopic (exact) mass is 375 g/mol. The summed E-state index contributed by atoms with van der Waals surface area (Å²) in [4.78, 5) is 4.10. The van der Waals surface area contributed by atoms with E-state index in [1.165, 1.54) is 13.2 Å². The van der Waals surface area contributed by atoms with Gasteiger partial charge in [-0.05, 0) is 24.6 Å². The molecule has 0 amide bonds. The summed E-state index contributed by atoms with van der Waals surface area (Å²) in [5.41, 5.74) is 0.537. The van der Waals surface area contributed by atoms with Gasteiger partial charge < -0.3 is 29.6 Å². The average Bonchev–Trinajstić information content (AvgIpc) is 2.64. The van der Waals surface area contributed by atoms with Gasteiger partial charge in [0.2, 0.25) is 0 Å². The van der Waals surface area contributed by atoms with Crippen LogP contribution in [0, 0.1) is 0 Å². The number of alkyl halides is 2. The van der Waals surface area contributed by atoms with E-state index in [1.54, 1.807) is 26.3 Å². The second-order valence-electron chi connectivity index (χ2n) is 5.16. The normalized spacial score (nSPS) is 11.5. The van der Waals surface area contributed by atoms with Crippen LogP contribution in [0.4, 0.5) is 8.78 Å². The van der Waals surface area contributed by atoms with Crippen LogP contribution in [0.5, 0.6) is 11.5 Å². The molecule has 0 aliphatic carbocycles. The lowest BCUT2D eigenvalue weighted by Gasteiger charge is -2.15. The SMILES string of the molecule is CN=C(NCCCOCCOC)NCc1cc(OC)ccc1OC(F)F. The third-order valence-corrected chi connectivity index (χ3v) is 3.34. The molecule has 148 valence electrons. The molecule has 0 fully saturated rings. The predicted octanol–water partition coefficient (Wildman–Crippen LogP) is 2.01. The Balaban J connectivity index is 2.47. The molecule has 0 bridgehead atoms. The maximum Gasteiger partial charge on any atom is 0.387 e. The van der Waals surface area contributed by atoms with E-state index in [0.717, 1.165) is 6.42 Å². The van der Waals surface area contributed by atoms with E-state index in [-0.39, 0.29) is 12.3 Å². The Kier molecular flexibility index (Phi) is 11.1. The van der Waals surface area contributed by atoms with Gasteiger partial charge in [-0.25, -0.2) is 0 Å². The van der Waals surface area contributed by atoms with Crippen LogP contribution in [0.2, 0.25) is 0 Å². The van der Waals surface area contributed by atoms with Gasteiger partial charge in [0.05, 0.1) is 20.3 Å². The largest absolute Gasteiger partial charge is 0.497 e. The Morgan fingerprint density at radius 3 is 2.62 bits per heavy atom. The number of rotatable bonds is 12. The summed E-state index contributed by atoms with van der Waals surface area (Å²) in [5.74, 6) is 1.20. The molecular formula is C17H27F2N3O4. The standard InChI is InChI=1S/C17H27F2N3O4/c1-20-17(21-7-4-8-25-10-9-23-2)22-12-13-11-14(24-3)5-6-15(13)26-16(18)19/h5-6,11,16H,4,7-10,12H2,1-3H3,(H2,20,21,22). The molecule has 0 spiro atoms. The number of aliphatic imine (C=N–C) groups is 1. The molecule has 1 aromatic carbocycles. The third kappa shape index (κ3) is 8.82. The summed E-state index contributed by atoms with van der Waals surface area (Å²) < 4.78 is 45.0. The number of nitrogens with zero attached hydrogens (tertiary/aromatic N) is 1. The molecule has 0 aromatic heterocycles. The van der Waals surface area contributed by atoms with Gasteiger partial charge in [-0.3, -0.25) is 4.99 Å². The highest BCUT2D eigenvalue weighted by Gasteiger charge is 2.11. The van der Waals surface area contributed by atoms with Crippen LogP contribution in [-0.2, 0) is 16.0 Å². The molecule has 1 rings (SSSR count). The van der Waals surface area contributed by atoms with Crippen molar-refractivity contribution in [1.29, 1.82) is 0 Å². The van der Waals surface area contributed by atoms with Crippen LogP contribution in [0.25, 0.3) is 0 Å². The molecule has 26 heavy (non-hydrogen) atoms. The Hall–Kier alpha value is -2.13. The predicted molar refractivity (Wildman–Crippen MR) is 95.1 cm³/mol. The number of hydrogen-bond acceptors (Lipinski definition) is 5. The minimum absolute atomic E-state index is 0.0929. The molecule has 9 heteroatoms. The highest BCUT2D eigenvalue weighted by atomic mass is 19.3. The van der Waals surface area contributed by atoms with E-state index in [9.17, 15) is 8.78 Å². The van der Waals surface area contributed by atoms with Gasteiger partial charge in [-0.1, -0.05) is 0 Å². The number of methoxy groups -OCH3 is 2. The van der Waals surface area contributed by atoms with Crippen LogP contribution in [0.15, 0.2) is 23.2 Å². The fraction of sp³-hybridized carbons (Fsp3) is 0.588. The van der Waals surface area contributed by atoms with Crippen LogP contribution in [0.1, 0.15) is 12.0 Å². The van der Waals surface area contributed by atoms with Crippen LogP contribution >= 0.6 is 0 Å². The molecular weight excluding hydrogens is 348 g/mol. The zero-order chi connectivity index (χ0) is 19.2. The summed E-state index contributed by atoms with van der Waals surface area (Å²) in [6, 6.07) is 4.66. The van der Waals surface area contributed by atoms with Crippen LogP contribution < -0.4 is 20.1 Å². The molecule has 0 aliphatic rings. The van der Waals surface area contributed by atoms with Crippen molar-refractivity contribution in [3.63, 3.8) is 0 Å². The van der Waals surface area contributed by atoms with Gasteiger partial charge in [0.15, 0.2) is 5.96 Å². The lowest BCUT2D eigenvalue weighted by atomic mass is 10.2. The van der Waals surface area contributed by atoms with Gasteiger partial charge >= 0.3 is 6.61 Å². The number of hydrogen-bond donors (Lipinski definition) is 2. The first-order chi connectivity index (χ1) is 12.6. The minimum atomic E-state index is -2.89. The summed E-state index contributed by atoms with van der Waals surface area (Å²) in [6.45, 7) is -0.242. The number of ether oxygens (including phenoxy) is 4. The van der Waals surface area contributed by atoms with E-state index < -0.39 is 6.61 Å². The van der Waals surface area contributed by atoms with Crippen LogP contribution in [0.3, 0.4) is 0 Å². The second-order valence-corrected chi connectivity index (χ2v) is 5.16. The smallest absolute Gasteiger partial charge is 0.387 e. The van der Waals surface area contributed by atoms with Crippen molar-refractivity contribution >= 4 is 5.96 Å². The summed E-state index contributed by atoms with van der Waals surface area (Å²) >= 11 is 0. The molecule has 0 radical (unpaired) electrons. The third-order valence-electron chi connectivity index (χ3n) is 3.34. The molecule has 7 nitrogen and oxygen atoms in total. The first-order valence-electron chi connectivity index (χ1n) is 8.23. The Morgan fingerprint density at radius 1 is 1.15 bits per heavy atom. The van der Waals surface area contributed by atoms with Crippen molar-refractivity contribution in [2.45, 2.75) is 19.6 Å². The average molecular weight is 375 g/mol. The Morgan fingerprint density at radius 2 is 1.96 bits per heavy atom. The number of guanidine groups is 1. The maximum atomic E-state index is 12.5.